The molecule has 2 aliphatic rings. The highest BCUT2D eigenvalue weighted by molar-refractivity contribution is 4.99. The highest BCUT2D eigenvalue weighted by Gasteiger charge is 2.34. The van der Waals surface area contributed by atoms with Gasteiger partial charge in [0.15, 0.2) is 0 Å². The van der Waals surface area contributed by atoms with E-state index in [2.05, 4.69) is 27.5 Å². The van der Waals surface area contributed by atoms with Crippen LogP contribution in [0.25, 0.3) is 0 Å². The van der Waals surface area contributed by atoms with Crippen molar-refractivity contribution in [2.75, 3.05) is 6.54 Å². The second-order valence-corrected chi connectivity index (χ2v) is 6.36. The van der Waals surface area contributed by atoms with Crippen molar-refractivity contribution in [2.24, 2.45) is 5.92 Å². The molecule has 2 fully saturated rings. The number of imidazole rings is 1. The van der Waals surface area contributed by atoms with Gasteiger partial charge < -0.3 is 15.6 Å². The Bertz CT molecular complexity index is 383. The molecule has 4 heteroatoms. The summed E-state index contributed by atoms with van der Waals surface area (Å²) in [5.74, 6) is 1.89. The van der Waals surface area contributed by atoms with E-state index in [0.717, 1.165) is 24.2 Å². The van der Waals surface area contributed by atoms with Gasteiger partial charge in [0, 0.05) is 24.5 Å². The molecule has 20 heavy (non-hydrogen) atoms. The molecule has 0 aromatic carbocycles. The molecule has 4 atom stereocenters. The fourth-order valence-electron chi connectivity index (χ4n) is 4.04. The van der Waals surface area contributed by atoms with Gasteiger partial charge in [-0.05, 0) is 44.6 Å². The molecule has 0 spiro atoms. The second kappa shape index (κ2) is 6.72. The summed E-state index contributed by atoms with van der Waals surface area (Å²) in [6, 6.07) is 1.76. The molecule has 1 saturated carbocycles. The van der Waals surface area contributed by atoms with Gasteiger partial charge in [-0.15, -0.1) is 0 Å². The number of nitrogens with one attached hydrogen (secondary N) is 3. The van der Waals surface area contributed by atoms with E-state index in [0.29, 0.717) is 12.1 Å². The lowest BCUT2D eigenvalue weighted by Gasteiger charge is -2.38. The van der Waals surface area contributed by atoms with Crippen LogP contribution in [0.5, 0.6) is 0 Å². The molecule has 112 valence electrons. The summed E-state index contributed by atoms with van der Waals surface area (Å²) in [6.45, 7) is 3.45. The summed E-state index contributed by atoms with van der Waals surface area (Å²) in [4.78, 5) is 7.71. The summed E-state index contributed by atoms with van der Waals surface area (Å²) in [6.07, 6.45) is 13.1. The maximum atomic E-state index is 4.44. The molecular weight excluding hydrogens is 248 g/mol. The van der Waals surface area contributed by atoms with Gasteiger partial charge >= 0.3 is 0 Å². The first-order chi connectivity index (χ1) is 9.88. The molecule has 1 aliphatic heterocycles. The van der Waals surface area contributed by atoms with E-state index >= 15 is 0 Å². The van der Waals surface area contributed by atoms with E-state index in [1.165, 1.54) is 45.1 Å². The summed E-state index contributed by atoms with van der Waals surface area (Å²) in [5.41, 5.74) is 0. The first-order valence-electron chi connectivity index (χ1n) is 8.37. The fourth-order valence-corrected chi connectivity index (χ4v) is 4.04. The lowest BCUT2D eigenvalue weighted by atomic mass is 9.79. The zero-order valence-corrected chi connectivity index (χ0v) is 12.6. The Hall–Kier alpha value is -0.870. The lowest BCUT2D eigenvalue weighted by Crippen LogP contribution is -2.48. The number of hydrogen-bond donors (Lipinski definition) is 3. The van der Waals surface area contributed by atoms with Crippen molar-refractivity contribution in [3.8, 4) is 0 Å². The van der Waals surface area contributed by atoms with Crippen LogP contribution in [0.15, 0.2) is 12.4 Å². The van der Waals surface area contributed by atoms with Crippen molar-refractivity contribution in [1.82, 2.24) is 20.6 Å². The average Bonchev–Trinajstić information content (AvgIpc) is 3.18. The second-order valence-electron chi connectivity index (χ2n) is 6.36. The van der Waals surface area contributed by atoms with E-state index in [1.54, 1.807) is 0 Å². The topological polar surface area (TPSA) is 52.7 Å². The molecule has 2 heterocycles. The van der Waals surface area contributed by atoms with Crippen molar-refractivity contribution >= 4 is 0 Å². The van der Waals surface area contributed by atoms with Crippen molar-refractivity contribution in [2.45, 2.75) is 70.0 Å². The number of nitrogens with zero attached hydrogens (tertiary/aromatic N) is 1. The summed E-state index contributed by atoms with van der Waals surface area (Å²) < 4.78 is 0. The zero-order chi connectivity index (χ0) is 13.8. The Morgan fingerprint density at radius 1 is 1.30 bits per heavy atom. The zero-order valence-electron chi connectivity index (χ0n) is 12.6. The molecule has 0 bridgehead atoms. The number of aromatic amines is 1. The van der Waals surface area contributed by atoms with Crippen molar-refractivity contribution in [3.63, 3.8) is 0 Å². The van der Waals surface area contributed by atoms with Gasteiger partial charge in [0.1, 0.15) is 5.82 Å². The number of aromatic nitrogens is 2. The van der Waals surface area contributed by atoms with E-state index < -0.39 is 0 Å². The van der Waals surface area contributed by atoms with Gasteiger partial charge in [0.25, 0.3) is 0 Å². The minimum atomic E-state index is 0.372. The molecule has 1 aromatic rings. The molecule has 1 saturated heterocycles. The Kier molecular flexibility index (Phi) is 4.73. The minimum Gasteiger partial charge on any atom is -0.347 e. The Balaban J connectivity index is 1.66. The first kappa shape index (κ1) is 14.1. The van der Waals surface area contributed by atoms with Crippen LogP contribution in [0.2, 0.25) is 0 Å². The predicted octanol–water partition coefficient (Wildman–Crippen LogP) is 2.76. The maximum absolute atomic E-state index is 4.44. The van der Waals surface area contributed by atoms with Gasteiger partial charge in [-0.3, -0.25) is 0 Å². The van der Waals surface area contributed by atoms with Gasteiger partial charge in [-0.2, -0.15) is 0 Å². The largest absolute Gasteiger partial charge is 0.347 e. The van der Waals surface area contributed by atoms with Crippen LogP contribution in [0.3, 0.4) is 0 Å². The van der Waals surface area contributed by atoms with Crippen LogP contribution in [0.1, 0.15) is 63.7 Å². The normalized spacial score (nSPS) is 32.4. The van der Waals surface area contributed by atoms with Gasteiger partial charge in [-0.25, -0.2) is 4.98 Å². The standard InChI is InChI=1S/C16H28N4/c1-2-13(16-18-10-11-19-16)20-15-7-4-3-6-12(15)14-8-5-9-17-14/h10-15,17,20H,2-9H2,1H3,(H,18,19). The Labute approximate surface area is 122 Å². The van der Waals surface area contributed by atoms with E-state index in [-0.39, 0.29) is 0 Å². The van der Waals surface area contributed by atoms with Crippen LogP contribution in [0.4, 0.5) is 0 Å². The molecule has 1 aliphatic carbocycles. The lowest BCUT2D eigenvalue weighted by molar-refractivity contribution is 0.197. The van der Waals surface area contributed by atoms with E-state index in [9.17, 15) is 0 Å². The van der Waals surface area contributed by atoms with Crippen LogP contribution < -0.4 is 10.6 Å². The molecule has 1 aromatic heterocycles. The predicted molar refractivity (Wildman–Crippen MR) is 81.5 cm³/mol. The van der Waals surface area contributed by atoms with Crippen LogP contribution in [-0.2, 0) is 0 Å². The average molecular weight is 276 g/mol. The van der Waals surface area contributed by atoms with Crippen molar-refractivity contribution in [3.05, 3.63) is 18.2 Å². The molecule has 3 rings (SSSR count). The number of rotatable bonds is 5. The van der Waals surface area contributed by atoms with Crippen LogP contribution >= 0.6 is 0 Å². The third-order valence-corrected chi connectivity index (χ3v) is 5.11. The van der Waals surface area contributed by atoms with Crippen molar-refractivity contribution < 1.29 is 0 Å². The molecule has 0 radical (unpaired) electrons. The first-order valence-corrected chi connectivity index (χ1v) is 8.37. The third-order valence-electron chi connectivity index (χ3n) is 5.11. The number of hydrogen-bond acceptors (Lipinski definition) is 3. The fraction of sp³-hybridized carbons (Fsp3) is 0.812. The maximum Gasteiger partial charge on any atom is 0.123 e. The van der Waals surface area contributed by atoms with E-state index in [1.807, 2.05) is 12.4 Å². The van der Waals surface area contributed by atoms with Gasteiger partial charge in [-0.1, -0.05) is 19.8 Å². The smallest absolute Gasteiger partial charge is 0.123 e. The quantitative estimate of drug-likeness (QED) is 0.775. The van der Waals surface area contributed by atoms with Gasteiger partial charge in [0.2, 0.25) is 0 Å². The number of H-pyrrole nitrogens is 1. The van der Waals surface area contributed by atoms with Crippen LogP contribution in [-0.4, -0.2) is 28.6 Å². The van der Waals surface area contributed by atoms with E-state index in [4.69, 9.17) is 0 Å². The molecular formula is C16H28N4. The Morgan fingerprint density at radius 2 is 2.20 bits per heavy atom. The minimum absolute atomic E-state index is 0.372. The Morgan fingerprint density at radius 3 is 2.90 bits per heavy atom. The summed E-state index contributed by atoms with van der Waals surface area (Å²) >= 11 is 0. The summed E-state index contributed by atoms with van der Waals surface area (Å²) in [7, 11) is 0. The third kappa shape index (κ3) is 3.07. The highest BCUT2D eigenvalue weighted by atomic mass is 15.1. The molecule has 4 unspecified atom stereocenters. The monoisotopic (exact) mass is 276 g/mol. The van der Waals surface area contributed by atoms with Crippen molar-refractivity contribution in [1.29, 1.82) is 0 Å². The van der Waals surface area contributed by atoms with Crippen LogP contribution in [0, 0.1) is 5.92 Å². The SMILES string of the molecule is CCC(NC1CCCCC1C1CCCN1)c1ncc[nH]1. The highest BCUT2D eigenvalue weighted by Crippen LogP contribution is 2.32. The molecule has 0 amide bonds. The molecule has 4 nitrogen and oxygen atoms in total. The summed E-state index contributed by atoms with van der Waals surface area (Å²) in [5, 5.41) is 7.62. The van der Waals surface area contributed by atoms with Gasteiger partial charge in [0.05, 0.1) is 6.04 Å². The molecule has 3 N–H and O–H groups in total.